The number of benzene rings is 3. The predicted molar refractivity (Wildman–Crippen MR) is 134 cm³/mol. The van der Waals surface area contributed by atoms with Gasteiger partial charge in [0.2, 0.25) is 10.0 Å². The first kappa shape index (κ1) is 25.3. The van der Waals surface area contributed by atoms with Gasteiger partial charge in [-0.25, -0.2) is 13.2 Å². The summed E-state index contributed by atoms with van der Waals surface area (Å²) in [5.41, 5.74) is 3.14. The van der Waals surface area contributed by atoms with Crippen LogP contribution in [0.25, 0.3) is 0 Å². The van der Waals surface area contributed by atoms with E-state index in [1.54, 1.807) is 73.7 Å². The van der Waals surface area contributed by atoms with Crippen LogP contribution < -0.4 is 9.62 Å². The molecule has 178 valence electrons. The second-order valence-corrected chi connectivity index (χ2v) is 9.99. The Labute approximate surface area is 204 Å². The summed E-state index contributed by atoms with van der Waals surface area (Å²) in [6.45, 7) is 3.91. The summed E-state index contributed by atoms with van der Waals surface area (Å²) in [6, 6.07) is 18.1. The summed E-state index contributed by atoms with van der Waals surface area (Å²) >= 11 is 5.92. The molecule has 7 nitrogen and oxygen atoms in total. The Bertz CT molecular complexity index is 1290. The molecule has 0 saturated heterocycles. The maximum atomic E-state index is 12.8. The molecule has 3 rings (SSSR count). The highest BCUT2D eigenvalue weighted by Crippen LogP contribution is 2.23. The molecule has 0 radical (unpaired) electrons. The number of halogens is 1. The predicted octanol–water partition coefficient (Wildman–Crippen LogP) is 5.04. The number of anilines is 2. The number of sulfonamides is 1. The zero-order valence-corrected chi connectivity index (χ0v) is 20.6. The van der Waals surface area contributed by atoms with Crippen LogP contribution in [0, 0.1) is 6.92 Å². The van der Waals surface area contributed by atoms with Gasteiger partial charge in [0, 0.05) is 16.3 Å². The van der Waals surface area contributed by atoms with Crippen molar-refractivity contribution in [2.24, 2.45) is 0 Å². The van der Waals surface area contributed by atoms with Crippen LogP contribution in [0.3, 0.4) is 0 Å². The Kier molecular flexibility index (Phi) is 7.96. The van der Waals surface area contributed by atoms with Crippen LogP contribution in [0.1, 0.15) is 38.8 Å². The average molecular weight is 501 g/mol. The first-order valence-electron chi connectivity index (χ1n) is 10.5. The Morgan fingerprint density at radius 1 is 0.971 bits per heavy atom. The lowest BCUT2D eigenvalue weighted by molar-refractivity contribution is 0.0526. The van der Waals surface area contributed by atoms with Crippen molar-refractivity contribution >= 4 is 44.9 Å². The molecule has 0 bridgehead atoms. The minimum atomic E-state index is -3.58. The molecule has 0 saturated carbocycles. The highest BCUT2D eigenvalue weighted by molar-refractivity contribution is 7.92. The topological polar surface area (TPSA) is 92.8 Å². The number of rotatable bonds is 8. The molecule has 34 heavy (non-hydrogen) atoms. The third kappa shape index (κ3) is 6.36. The van der Waals surface area contributed by atoms with Crippen molar-refractivity contribution in [1.29, 1.82) is 0 Å². The smallest absolute Gasteiger partial charge is 0.338 e. The maximum Gasteiger partial charge on any atom is 0.338 e. The molecule has 3 aromatic rings. The van der Waals surface area contributed by atoms with Gasteiger partial charge in [0.25, 0.3) is 5.91 Å². The van der Waals surface area contributed by atoms with Crippen LogP contribution >= 0.6 is 11.6 Å². The zero-order chi connectivity index (χ0) is 24.9. The van der Waals surface area contributed by atoms with E-state index in [4.69, 9.17) is 16.3 Å². The third-order valence-corrected chi connectivity index (χ3v) is 6.45. The van der Waals surface area contributed by atoms with Crippen LogP contribution in [-0.4, -0.2) is 33.2 Å². The van der Waals surface area contributed by atoms with E-state index in [1.165, 1.54) is 4.31 Å². The first-order valence-corrected chi connectivity index (χ1v) is 12.7. The summed E-state index contributed by atoms with van der Waals surface area (Å²) in [6.07, 6.45) is 1.13. The lowest BCUT2D eigenvalue weighted by Crippen LogP contribution is -2.29. The number of ether oxygens (including phenoxy) is 1. The van der Waals surface area contributed by atoms with E-state index < -0.39 is 16.0 Å². The minimum absolute atomic E-state index is 0.126. The summed E-state index contributed by atoms with van der Waals surface area (Å²) in [4.78, 5) is 24.8. The van der Waals surface area contributed by atoms with Gasteiger partial charge in [-0.15, -0.1) is 0 Å². The molecule has 0 fully saturated rings. The van der Waals surface area contributed by atoms with E-state index in [0.717, 1.165) is 17.4 Å². The molecule has 0 aliphatic rings. The minimum Gasteiger partial charge on any atom is -0.462 e. The second kappa shape index (κ2) is 10.7. The van der Waals surface area contributed by atoms with Crippen molar-refractivity contribution < 1.29 is 22.7 Å². The highest BCUT2D eigenvalue weighted by atomic mass is 35.5. The number of hydrogen-bond acceptors (Lipinski definition) is 5. The first-order chi connectivity index (χ1) is 16.1. The summed E-state index contributed by atoms with van der Waals surface area (Å²) in [7, 11) is -3.58. The molecule has 0 heterocycles. The summed E-state index contributed by atoms with van der Waals surface area (Å²) in [5, 5.41) is 3.36. The van der Waals surface area contributed by atoms with Gasteiger partial charge in [-0.2, -0.15) is 0 Å². The number of nitrogens with one attached hydrogen (secondary N) is 1. The normalized spacial score (nSPS) is 11.1. The SMILES string of the molecule is CCOC(=O)c1ccc(C)c(NC(=O)c2ccc(N(Cc3ccc(Cl)cc3)S(C)(=O)=O)cc2)c1. The van der Waals surface area contributed by atoms with Crippen LogP contribution in [-0.2, 0) is 21.3 Å². The van der Waals surface area contributed by atoms with E-state index in [-0.39, 0.29) is 19.1 Å². The quantitative estimate of drug-likeness (QED) is 0.437. The lowest BCUT2D eigenvalue weighted by atomic mass is 10.1. The van der Waals surface area contributed by atoms with Gasteiger partial charge in [-0.1, -0.05) is 29.8 Å². The van der Waals surface area contributed by atoms with E-state index in [2.05, 4.69) is 5.32 Å². The van der Waals surface area contributed by atoms with Gasteiger partial charge in [0.05, 0.1) is 30.7 Å². The zero-order valence-electron chi connectivity index (χ0n) is 19.0. The summed E-state index contributed by atoms with van der Waals surface area (Å²) in [5.74, 6) is -0.858. The van der Waals surface area contributed by atoms with Crippen molar-refractivity contribution in [3.05, 3.63) is 94.0 Å². The number of esters is 1. The van der Waals surface area contributed by atoms with Gasteiger partial charge >= 0.3 is 5.97 Å². The van der Waals surface area contributed by atoms with Crippen LogP contribution in [0.2, 0.25) is 5.02 Å². The molecular weight excluding hydrogens is 476 g/mol. The molecule has 0 atom stereocenters. The number of nitrogens with zero attached hydrogens (tertiary/aromatic N) is 1. The molecule has 1 N–H and O–H groups in total. The molecule has 3 aromatic carbocycles. The van der Waals surface area contributed by atoms with Crippen molar-refractivity contribution in [1.82, 2.24) is 0 Å². The standard InChI is InChI=1S/C25H25ClN2O5S/c1-4-33-25(30)20-8-5-17(2)23(15-20)27-24(29)19-9-13-22(14-10-19)28(34(3,31)32)16-18-6-11-21(26)12-7-18/h5-15H,4,16H2,1-3H3,(H,27,29). The fraction of sp³-hybridized carbons (Fsp3) is 0.200. The van der Waals surface area contributed by atoms with Gasteiger partial charge in [0.15, 0.2) is 0 Å². The molecule has 9 heteroatoms. The van der Waals surface area contributed by atoms with E-state index in [1.807, 2.05) is 6.92 Å². The van der Waals surface area contributed by atoms with E-state index >= 15 is 0 Å². The highest BCUT2D eigenvalue weighted by Gasteiger charge is 2.19. The molecule has 1 amide bonds. The largest absolute Gasteiger partial charge is 0.462 e. The number of amides is 1. The average Bonchev–Trinajstić information content (AvgIpc) is 2.79. The van der Waals surface area contributed by atoms with Crippen molar-refractivity contribution in [3.8, 4) is 0 Å². The van der Waals surface area contributed by atoms with Crippen molar-refractivity contribution in [2.75, 3.05) is 22.5 Å². The Morgan fingerprint density at radius 2 is 1.59 bits per heavy atom. The van der Waals surface area contributed by atoms with Gasteiger partial charge in [-0.3, -0.25) is 9.10 Å². The molecule has 0 spiro atoms. The number of hydrogen-bond donors (Lipinski definition) is 1. The second-order valence-electron chi connectivity index (χ2n) is 7.65. The number of aryl methyl sites for hydroxylation is 1. The van der Waals surface area contributed by atoms with Gasteiger partial charge < -0.3 is 10.1 Å². The van der Waals surface area contributed by atoms with Gasteiger partial charge in [-0.05, 0) is 73.5 Å². The number of carbonyl (C=O) groups is 2. The third-order valence-electron chi connectivity index (χ3n) is 5.05. The van der Waals surface area contributed by atoms with Crippen molar-refractivity contribution in [3.63, 3.8) is 0 Å². The Hall–Kier alpha value is -3.36. The van der Waals surface area contributed by atoms with Crippen LogP contribution in [0.15, 0.2) is 66.7 Å². The van der Waals surface area contributed by atoms with Crippen LogP contribution in [0.5, 0.6) is 0 Å². The van der Waals surface area contributed by atoms with E-state index in [9.17, 15) is 18.0 Å². The summed E-state index contributed by atoms with van der Waals surface area (Å²) < 4.78 is 31.1. The fourth-order valence-corrected chi connectivity index (χ4v) is 4.24. The molecular formula is C25H25ClN2O5S. The monoisotopic (exact) mass is 500 g/mol. The van der Waals surface area contributed by atoms with Crippen LogP contribution in [0.4, 0.5) is 11.4 Å². The fourth-order valence-electron chi connectivity index (χ4n) is 3.23. The maximum absolute atomic E-state index is 12.8. The molecule has 0 unspecified atom stereocenters. The van der Waals surface area contributed by atoms with E-state index in [0.29, 0.717) is 27.5 Å². The van der Waals surface area contributed by atoms with Gasteiger partial charge in [0.1, 0.15) is 0 Å². The Balaban J connectivity index is 1.80. The van der Waals surface area contributed by atoms with Crippen molar-refractivity contribution in [2.45, 2.75) is 20.4 Å². The molecule has 0 aliphatic heterocycles. The lowest BCUT2D eigenvalue weighted by Gasteiger charge is -2.23. The Morgan fingerprint density at radius 3 is 2.18 bits per heavy atom. The molecule has 0 aliphatic carbocycles. The molecule has 0 aromatic heterocycles. The number of carbonyl (C=O) groups excluding carboxylic acids is 2.